The van der Waals surface area contributed by atoms with E-state index in [1.165, 1.54) is 18.2 Å². The number of hydrogen-bond acceptors (Lipinski definition) is 5. The molecule has 2 N–H and O–H groups in total. The van der Waals surface area contributed by atoms with Gasteiger partial charge in [0.05, 0.1) is 23.7 Å². The maximum atomic E-state index is 12.1. The highest BCUT2D eigenvalue weighted by Gasteiger charge is 2.17. The van der Waals surface area contributed by atoms with Gasteiger partial charge in [0, 0.05) is 5.02 Å². The molecule has 0 bridgehead atoms. The fraction of sp³-hybridized carbons (Fsp3) is 0.308. The number of rotatable bonds is 5. The van der Waals surface area contributed by atoms with Crippen molar-refractivity contribution in [3.8, 4) is 0 Å². The zero-order valence-corrected chi connectivity index (χ0v) is 13.1. The van der Waals surface area contributed by atoms with Crippen LogP contribution in [-0.4, -0.2) is 18.5 Å². The minimum atomic E-state index is -3.73. The summed E-state index contributed by atoms with van der Waals surface area (Å²) in [5, 5.41) is 9.22. The Morgan fingerprint density at radius 1 is 1.38 bits per heavy atom. The van der Waals surface area contributed by atoms with Gasteiger partial charge in [0.2, 0.25) is 15.9 Å². The van der Waals surface area contributed by atoms with Gasteiger partial charge in [0.1, 0.15) is 5.76 Å². The summed E-state index contributed by atoms with van der Waals surface area (Å²) in [5.74, 6) is 0.950. The number of aliphatic hydroxyl groups excluding tert-OH is 1. The fourth-order valence-corrected chi connectivity index (χ4v) is 2.98. The van der Waals surface area contributed by atoms with E-state index in [-0.39, 0.29) is 23.1 Å². The van der Waals surface area contributed by atoms with Gasteiger partial charge in [0.25, 0.3) is 0 Å². The molecular weight excluding hydrogens is 316 g/mol. The van der Waals surface area contributed by atoms with Crippen LogP contribution in [0.4, 0.5) is 0 Å². The summed E-state index contributed by atoms with van der Waals surface area (Å²) in [7, 11) is -3.73. The van der Waals surface area contributed by atoms with Gasteiger partial charge in [-0.05, 0) is 31.5 Å². The zero-order chi connectivity index (χ0) is 15.6. The van der Waals surface area contributed by atoms with Crippen LogP contribution in [0.1, 0.15) is 22.9 Å². The Hall–Kier alpha value is -1.41. The molecule has 0 saturated heterocycles. The van der Waals surface area contributed by atoms with Gasteiger partial charge in [-0.2, -0.15) is 0 Å². The van der Waals surface area contributed by atoms with E-state index in [9.17, 15) is 8.42 Å². The molecule has 0 aliphatic rings. The van der Waals surface area contributed by atoms with Gasteiger partial charge in [-0.1, -0.05) is 17.7 Å². The second kappa shape index (κ2) is 6.15. The summed E-state index contributed by atoms with van der Waals surface area (Å²) >= 11 is 5.89. The Kier molecular flexibility index (Phi) is 4.67. The summed E-state index contributed by atoms with van der Waals surface area (Å²) in [6, 6.07) is 4.14. The molecule has 0 amide bonds. The van der Waals surface area contributed by atoms with Gasteiger partial charge in [-0.25, -0.2) is 18.1 Å². The minimum absolute atomic E-state index is 0.0182. The summed E-state index contributed by atoms with van der Waals surface area (Å²) in [4.78, 5) is 4.12. The van der Waals surface area contributed by atoms with Crippen LogP contribution in [0.25, 0.3) is 0 Å². The van der Waals surface area contributed by atoms with E-state index in [0.717, 1.165) is 5.69 Å². The van der Waals surface area contributed by atoms with Crippen LogP contribution >= 0.6 is 11.6 Å². The van der Waals surface area contributed by atoms with Crippen molar-refractivity contribution < 1.29 is 17.9 Å². The molecule has 0 aliphatic carbocycles. The first kappa shape index (κ1) is 16.0. The van der Waals surface area contributed by atoms with E-state index in [0.29, 0.717) is 17.2 Å². The summed E-state index contributed by atoms with van der Waals surface area (Å²) in [6.07, 6.45) is 0. The molecule has 1 aromatic heterocycles. The van der Waals surface area contributed by atoms with Crippen LogP contribution in [0.3, 0.4) is 0 Å². The van der Waals surface area contributed by atoms with Crippen LogP contribution < -0.4 is 4.72 Å². The zero-order valence-electron chi connectivity index (χ0n) is 11.6. The quantitative estimate of drug-likeness (QED) is 0.873. The standard InChI is InChI=1S/C13H15ClN2O4S/c1-8-9(2)20-13(16-8)6-15-21(18,19)11-4-3-10(7-17)12(14)5-11/h3-5,15,17H,6-7H2,1-2H3. The van der Waals surface area contributed by atoms with Crippen molar-refractivity contribution in [2.75, 3.05) is 0 Å². The number of sulfonamides is 1. The maximum Gasteiger partial charge on any atom is 0.241 e. The van der Waals surface area contributed by atoms with Crippen LogP contribution in [0.15, 0.2) is 27.5 Å². The predicted molar refractivity (Wildman–Crippen MR) is 77.4 cm³/mol. The first-order chi connectivity index (χ1) is 9.83. The number of halogens is 1. The normalized spacial score (nSPS) is 11.8. The van der Waals surface area contributed by atoms with Crippen molar-refractivity contribution in [1.82, 2.24) is 9.71 Å². The number of benzene rings is 1. The van der Waals surface area contributed by atoms with Gasteiger partial charge >= 0.3 is 0 Å². The Balaban J connectivity index is 2.16. The number of nitrogens with zero attached hydrogens (tertiary/aromatic N) is 1. The van der Waals surface area contributed by atoms with Crippen LogP contribution in [0, 0.1) is 13.8 Å². The van der Waals surface area contributed by atoms with E-state index < -0.39 is 10.0 Å². The molecular formula is C13H15ClN2O4S. The molecule has 1 heterocycles. The van der Waals surface area contributed by atoms with Crippen molar-refractivity contribution >= 4 is 21.6 Å². The number of hydrogen-bond donors (Lipinski definition) is 2. The molecule has 0 radical (unpaired) electrons. The Morgan fingerprint density at radius 2 is 2.10 bits per heavy atom. The Morgan fingerprint density at radius 3 is 2.62 bits per heavy atom. The number of aromatic nitrogens is 1. The Labute approximate surface area is 127 Å². The predicted octanol–water partition coefficient (Wildman–Crippen LogP) is 1.92. The van der Waals surface area contributed by atoms with Gasteiger partial charge in [-0.3, -0.25) is 0 Å². The van der Waals surface area contributed by atoms with E-state index in [4.69, 9.17) is 21.1 Å². The molecule has 8 heteroatoms. The molecule has 1 aromatic carbocycles. The molecule has 114 valence electrons. The fourth-order valence-electron chi connectivity index (χ4n) is 1.68. The smallest absolute Gasteiger partial charge is 0.241 e. The third-order valence-corrected chi connectivity index (χ3v) is 4.74. The van der Waals surface area contributed by atoms with Crippen molar-refractivity contribution in [3.63, 3.8) is 0 Å². The molecule has 0 aliphatic heterocycles. The molecule has 21 heavy (non-hydrogen) atoms. The SMILES string of the molecule is Cc1nc(CNS(=O)(=O)c2ccc(CO)c(Cl)c2)oc1C. The van der Waals surface area contributed by atoms with Gasteiger partial charge < -0.3 is 9.52 Å². The lowest BCUT2D eigenvalue weighted by Gasteiger charge is -2.07. The van der Waals surface area contributed by atoms with Crippen molar-refractivity contribution in [1.29, 1.82) is 0 Å². The molecule has 6 nitrogen and oxygen atoms in total. The summed E-state index contributed by atoms with van der Waals surface area (Å²) in [5.41, 5.74) is 1.19. The van der Waals surface area contributed by atoms with Gasteiger partial charge in [-0.15, -0.1) is 0 Å². The van der Waals surface area contributed by atoms with Crippen molar-refractivity contribution in [2.45, 2.75) is 31.9 Å². The Bertz CT molecular complexity index is 736. The van der Waals surface area contributed by atoms with E-state index in [1.54, 1.807) is 13.8 Å². The van der Waals surface area contributed by atoms with Crippen LogP contribution in [0.2, 0.25) is 5.02 Å². The molecule has 0 fully saturated rings. The van der Waals surface area contributed by atoms with Gasteiger partial charge in [0.15, 0.2) is 0 Å². The molecule has 0 atom stereocenters. The number of oxazole rings is 1. The lowest BCUT2D eigenvalue weighted by Crippen LogP contribution is -2.23. The van der Waals surface area contributed by atoms with E-state index in [1.807, 2.05) is 0 Å². The highest BCUT2D eigenvalue weighted by atomic mass is 35.5. The largest absolute Gasteiger partial charge is 0.444 e. The van der Waals surface area contributed by atoms with Crippen LogP contribution in [0.5, 0.6) is 0 Å². The topological polar surface area (TPSA) is 92.4 Å². The van der Waals surface area contributed by atoms with Crippen molar-refractivity contribution in [2.24, 2.45) is 0 Å². The summed E-state index contributed by atoms with van der Waals surface area (Å²) in [6.45, 7) is 3.25. The molecule has 2 rings (SSSR count). The van der Waals surface area contributed by atoms with E-state index in [2.05, 4.69) is 9.71 Å². The monoisotopic (exact) mass is 330 g/mol. The first-order valence-electron chi connectivity index (χ1n) is 6.15. The lowest BCUT2D eigenvalue weighted by atomic mass is 10.2. The number of aryl methyl sites for hydroxylation is 2. The van der Waals surface area contributed by atoms with Crippen LogP contribution in [-0.2, 0) is 23.2 Å². The average molecular weight is 331 g/mol. The highest BCUT2D eigenvalue weighted by molar-refractivity contribution is 7.89. The first-order valence-corrected chi connectivity index (χ1v) is 8.01. The second-order valence-corrected chi connectivity index (χ2v) is 6.66. The number of aliphatic hydroxyl groups is 1. The second-order valence-electron chi connectivity index (χ2n) is 4.49. The van der Waals surface area contributed by atoms with Crippen molar-refractivity contribution in [3.05, 3.63) is 46.1 Å². The highest BCUT2D eigenvalue weighted by Crippen LogP contribution is 2.21. The molecule has 0 saturated carbocycles. The maximum absolute atomic E-state index is 12.1. The summed E-state index contributed by atoms with van der Waals surface area (Å²) < 4.78 is 32.0. The minimum Gasteiger partial charge on any atom is -0.444 e. The average Bonchev–Trinajstić information content (AvgIpc) is 2.76. The lowest BCUT2D eigenvalue weighted by molar-refractivity contribution is 0.282. The molecule has 0 unspecified atom stereocenters. The molecule has 2 aromatic rings. The third kappa shape index (κ3) is 3.62. The third-order valence-electron chi connectivity index (χ3n) is 2.99. The number of nitrogens with one attached hydrogen (secondary N) is 1. The molecule has 0 spiro atoms. The van der Waals surface area contributed by atoms with E-state index >= 15 is 0 Å².